The van der Waals surface area contributed by atoms with E-state index in [0.29, 0.717) is 23.6 Å². The van der Waals surface area contributed by atoms with Crippen molar-refractivity contribution in [2.24, 2.45) is 5.73 Å². The number of halogens is 2. The second-order valence-corrected chi connectivity index (χ2v) is 3.68. The third-order valence-corrected chi connectivity index (χ3v) is 2.28. The van der Waals surface area contributed by atoms with Gasteiger partial charge in [0.2, 0.25) is 0 Å². The van der Waals surface area contributed by atoms with E-state index in [2.05, 4.69) is 0 Å². The molecule has 0 radical (unpaired) electrons. The quantitative estimate of drug-likeness (QED) is 0.800. The monoisotopic (exact) mass is 201 g/mol. The van der Waals surface area contributed by atoms with Gasteiger partial charge in [0.25, 0.3) is 0 Å². The maximum atomic E-state index is 13.9. The zero-order valence-electron chi connectivity index (χ0n) is 7.56. The number of hydrogen-bond acceptors (Lipinski definition) is 1. The first kappa shape index (κ1) is 10.5. The van der Waals surface area contributed by atoms with E-state index in [4.69, 9.17) is 17.3 Å². The first-order chi connectivity index (χ1) is 6.06. The van der Waals surface area contributed by atoms with Crippen LogP contribution in [0, 0.1) is 0 Å². The lowest BCUT2D eigenvalue weighted by atomic mass is 9.95. The molecule has 0 spiro atoms. The number of benzene rings is 1. The van der Waals surface area contributed by atoms with Crippen LogP contribution >= 0.6 is 11.6 Å². The summed E-state index contributed by atoms with van der Waals surface area (Å²) < 4.78 is 13.9. The molecule has 0 saturated carbocycles. The Kier molecular flexibility index (Phi) is 3.28. The average molecular weight is 202 g/mol. The molecule has 0 bridgehead atoms. The Morgan fingerprint density at radius 1 is 1.54 bits per heavy atom. The molecular formula is C10H13ClFN. The molecule has 1 unspecified atom stereocenters. The summed E-state index contributed by atoms with van der Waals surface area (Å²) in [6.07, 6.45) is 0.313. The summed E-state index contributed by atoms with van der Waals surface area (Å²) >= 11 is 5.75. The number of hydrogen-bond donors (Lipinski definition) is 1. The van der Waals surface area contributed by atoms with Gasteiger partial charge in [-0.2, -0.15) is 0 Å². The molecule has 0 aromatic heterocycles. The number of alkyl halides is 1. The molecule has 1 atom stereocenters. The van der Waals surface area contributed by atoms with E-state index in [9.17, 15) is 4.39 Å². The van der Waals surface area contributed by atoms with Crippen molar-refractivity contribution in [2.75, 3.05) is 6.54 Å². The van der Waals surface area contributed by atoms with Crippen LogP contribution < -0.4 is 5.73 Å². The van der Waals surface area contributed by atoms with Crippen LogP contribution in [0.1, 0.15) is 18.9 Å². The van der Waals surface area contributed by atoms with Crippen LogP contribution in [-0.4, -0.2) is 6.54 Å². The lowest BCUT2D eigenvalue weighted by Gasteiger charge is -2.19. The molecular weight excluding hydrogens is 189 g/mol. The SMILES string of the molecule is CC(F)(CCN)c1cccc(Cl)c1. The number of rotatable bonds is 3. The highest BCUT2D eigenvalue weighted by Gasteiger charge is 2.24. The van der Waals surface area contributed by atoms with Gasteiger partial charge in [-0.3, -0.25) is 0 Å². The van der Waals surface area contributed by atoms with Crippen LogP contribution in [0.15, 0.2) is 24.3 Å². The van der Waals surface area contributed by atoms with Crippen LogP contribution in [0.2, 0.25) is 5.02 Å². The molecule has 0 fully saturated rings. The zero-order valence-corrected chi connectivity index (χ0v) is 8.31. The summed E-state index contributed by atoms with van der Waals surface area (Å²) in [5.74, 6) is 0. The molecule has 13 heavy (non-hydrogen) atoms. The van der Waals surface area contributed by atoms with Gasteiger partial charge in [-0.05, 0) is 37.6 Å². The van der Waals surface area contributed by atoms with Gasteiger partial charge in [0.1, 0.15) is 5.67 Å². The summed E-state index contributed by atoms with van der Waals surface area (Å²) in [7, 11) is 0. The Hall–Kier alpha value is -0.600. The van der Waals surface area contributed by atoms with E-state index in [1.807, 2.05) is 0 Å². The van der Waals surface area contributed by atoms with Gasteiger partial charge in [0.15, 0.2) is 0 Å². The van der Waals surface area contributed by atoms with Crippen LogP contribution in [0.25, 0.3) is 0 Å². The van der Waals surface area contributed by atoms with E-state index in [1.54, 1.807) is 24.3 Å². The molecule has 1 rings (SSSR count). The largest absolute Gasteiger partial charge is 0.330 e. The van der Waals surface area contributed by atoms with E-state index >= 15 is 0 Å². The van der Waals surface area contributed by atoms with Crippen LogP contribution in [0.5, 0.6) is 0 Å². The second kappa shape index (κ2) is 4.07. The smallest absolute Gasteiger partial charge is 0.134 e. The lowest BCUT2D eigenvalue weighted by Crippen LogP contribution is -2.19. The maximum absolute atomic E-state index is 13.9. The van der Waals surface area contributed by atoms with Crippen molar-refractivity contribution in [1.29, 1.82) is 0 Å². The fraction of sp³-hybridized carbons (Fsp3) is 0.400. The molecule has 0 aliphatic carbocycles. The van der Waals surface area contributed by atoms with Gasteiger partial charge in [0, 0.05) is 5.02 Å². The first-order valence-electron chi connectivity index (χ1n) is 4.21. The fourth-order valence-corrected chi connectivity index (χ4v) is 1.42. The minimum Gasteiger partial charge on any atom is -0.330 e. The molecule has 1 aromatic rings. The molecule has 0 aliphatic rings. The molecule has 0 aliphatic heterocycles. The van der Waals surface area contributed by atoms with E-state index in [0.717, 1.165) is 0 Å². The molecule has 0 amide bonds. The topological polar surface area (TPSA) is 26.0 Å². The summed E-state index contributed by atoms with van der Waals surface area (Å²) in [5, 5.41) is 0.554. The fourth-order valence-electron chi connectivity index (χ4n) is 1.23. The number of nitrogens with two attached hydrogens (primary N) is 1. The predicted octanol–water partition coefficient (Wildman–Crippen LogP) is 2.87. The highest BCUT2D eigenvalue weighted by atomic mass is 35.5. The highest BCUT2D eigenvalue weighted by molar-refractivity contribution is 6.30. The molecule has 0 heterocycles. The van der Waals surface area contributed by atoms with Gasteiger partial charge < -0.3 is 5.73 Å². The van der Waals surface area contributed by atoms with Crippen molar-refractivity contribution in [3.63, 3.8) is 0 Å². The molecule has 2 N–H and O–H groups in total. The normalized spacial score (nSPS) is 15.4. The van der Waals surface area contributed by atoms with Crippen molar-refractivity contribution >= 4 is 11.6 Å². The summed E-state index contributed by atoms with van der Waals surface area (Å²) in [4.78, 5) is 0. The summed E-state index contributed by atoms with van der Waals surface area (Å²) in [6.45, 7) is 1.85. The van der Waals surface area contributed by atoms with Crippen molar-refractivity contribution in [1.82, 2.24) is 0 Å². The van der Waals surface area contributed by atoms with Crippen molar-refractivity contribution in [3.05, 3.63) is 34.9 Å². The maximum Gasteiger partial charge on any atom is 0.134 e. The van der Waals surface area contributed by atoms with Crippen molar-refractivity contribution in [2.45, 2.75) is 19.0 Å². The van der Waals surface area contributed by atoms with Crippen molar-refractivity contribution in [3.8, 4) is 0 Å². The Morgan fingerprint density at radius 3 is 2.77 bits per heavy atom. The minimum absolute atomic E-state index is 0.313. The van der Waals surface area contributed by atoms with Gasteiger partial charge in [-0.25, -0.2) is 4.39 Å². The van der Waals surface area contributed by atoms with Crippen LogP contribution in [-0.2, 0) is 5.67 Å². The van der Waals surface area contributed by atoms with Gasteiger partial charge in [0.05, 0.1) is 0 Å². The van der Waals surface area contributed by atoms with Crippen LogP contribution in [0.3, 0.4) is 0 Å². The summed E-state index contributed by atoms with van der Waals surface area (Å²) in [5.41, 5.74) is 4.53. The van der Waals surface area contributed by atoms with Gasteiger partial charge in [-0.1, -0.05) is 23.7 Å². The molecule has 0 saturated heterocycles. The molecule has 72 valence electrons. The van der Waals surface area contributed by atoms with Gasteiger partial charge >= 0.3 is 0 Å². The van der Waals surface area contributed by atoms with Gasteiger partial charge in [-0.15, -0.1) is 0 Å². The minimum atomic E-state index is -1.38. The van der Waals surface area contributed by atoms with E-state index in [1.165, 1.54) is 6.92 Å². The molecule has 1 aromatic carbocycles. The lowest BCUT2D eigenvalue weighted by molar-refractivity contribution is 0.181. The first-order valence-corrected chi connectivity index (χ1v) is 4.59. The Balaban J connectivity index is 2.93. The van der Waals surface area contributed by atoms with Crippen LogP contribution in [0.4, 0.5) is 4.39 Å². The molecule has 1 nitrogen and oxygen atoms in total. The molecule has 3 heteroatoms. The Bertz CT molecular complexity index is 286. The Morgan fingerprint density at radius 2 is 2.23 bits per heavy atom. The average Bonchev–Trinajstić information content (AvgIpc) is 2.04. The second-order valence-electron chi connectivity index (χ2n) is 3.25. The predicted molar refractivity (Wildman–Crippen MR) is 53.6 cm³/mol. The Labute approximate surface area is 82.7 Å². The highest BCUT2D eigenvalue weighted by Crippen LogP contribution is 2.30. The van der Waals surface area contributed by atoms with Crippen molar-refractivity contribution < 1.29 is 4.39 Å². The third-order valence-electron chi connectivity index (χ3n) is 2.04. The van der Waals surface area contributed by atoms with E-state index in [-0.39, 0.29) is 0 Å². The third kappa shape index (κ3) is 2.68. The summed E-state index contributed by atoms with van der Waals surface area (Å²) in [6, 6.07) is 6.83. The van der Waals surface area contributed by atoms with E-state index < -0.39 is 5.67 Å². The standard InChI is InChI=1S/C10H13ClFN/c1-10(12,5-6-13)8-3-2-4-9(11)7-8/h2-4,7H,5-6,13H2,1H3. The zero-order chi connectivity index (χ0) is 9.90.